The van der Waals surface area contributed by atoms with Crippen LogP contribution in [-0.2, 0) is 27.9 Å². The summed E-state index contributed by atoms with van der Waals surface area (Å²) in [5.41, 5.74) is 0. The lowest BCUT2D eigenvalue weighted by atomic mass is 10.0. The van der Waals surface area contributed by atoms with E-state index in [9.17, 15) is 19.0 Å². The Bertz CT molecular complexity index is 1570. The number of nitrogens with one attached hydrogen (secondary N) is 1. The number of rotatable bonds is 63. The van der Waals surface area contributed by atoms with Crippen molar-refractivity contribution in [2.75, 3.05) is 40.9 Å². The maximum absolute atomic E-state index is 13.5. The van der Waals surface area contributed by atoms with E-state index < -0.39 is 26.6 Å². The molecule has 1 amide bonds. The van der Waals surface area contributed by atoms with E-state index in [1.807, 2.05) is 33.3 Å². The molecule has 0 rings (SSSR count). The number of likely N-dealkylation sites (N-methyl/N-ethyl adjacent to an activating group) is 1. The quantitative estimate of drug-likeness (QED) is 0.0212. The maximum atomic E-state index is 13.5. The van der Waals surface area contributed by atoms with Gasteiger partial charge in [0.2, 0.25) is 5.91 Å². The predicted molar refractivity (Wildman–Crippen MR) is 349 cm³/mol. The molecule has 474 valence electrons. The Kier molecular flexibility index (Phi) is 59.1. The molecule has 0 heterocycles. The van der Waals surface area contributed by atoms with Crippen molar-refractivity contribution in [2.24, 2.45) is 0 Å². The standard InChI is InChI=1S/C71H133N2O7P/c1-7-10-13-16-19-22-25-28-30-32-33-34-35-36-37-38-39-40-41-42-44-46-49-52-55-58-61-64-71(75)80-69(62-59-56-53-50-47-27-24-21-18-15-12-9-3)68(67-79-81(76,77)78-66-65-73(4,5)6)72-70(74)63-60-57-54-51-48-45-43-31-29-26-23-20-17-14-11-8-2/h11,14,20,23,28-31,59,62,68-69H,7-10,12-13,15-19,21-22,24-27,32-58,60-61,63-67H2,1-6H3,(H-,72,74,76,77)/b14-11+,23-20+,30-28+,31-29+,62-59-. The van der Waals surface area contributed by atoms with Crippen molar-refractivity contribution in [3.63, 3.8) is 0 Å². The maximum Gasteiger partial charge on any atom is 0.306 e. The van der Waals surface area contributed by atoms with Gasteiger partial charge < -0.3 is 28.5 Å². The Balaban J connectivity index is 5.01. The molecule has 1 N–H and O–H groups in total. The lowest BCUT2D eigenvalue weighted by molar-refractivity contribution is -0.870. The number of phosphoric ester groups is 1. The molecule has 0 aliphatic rings. The number of amides is 1. The molecular formula is C71H133N2O7P. The van der Waals surface area contributed by atoms with Crippen LogP contribution >= 0.6 is 7.82 Å². The largest absolute Gasteiger partial charge is 0.756 e. The van der Waals surface area contributed by atoms with E-state index in [1.54, 1.807) is 0 Å². The van der Waals surface area contributed by atoms with Gasteiger partial charge >= 0.3 is 5.97 Å². The second-order valence-electron chi connectivity index (χ2n) is 24.6. The molecule has 0 aliphatic heterocycles. The summed E-state index contributed by atoms with van der Waals surface area (Å²) < 4.78 is 30.4. The van der Waals surface area contributed by atoms with Crippen LogP contribution in [0, 0.1) is 0 Å². The number of allylic oxidation sites excluding steroid dienone is 9. The molecule has 0 aromatic heterocycles. The molecule has 9 nitrogen and oxygen atoms in total. The molecule has 0 spiro atoms. The Morgan fingerprint density at radius 3 is 1.20 bits per heavy atom. The Hall–Kier alpha value is -2.29. The van der Waals surface area contributed by atoms with E-state index in [0.717, 1.165) is 103 Å². The van der Waals surface area contributed by atoms with Crippen LogP contribution in [0.3, 0.4) is 0 Å². The van der Waals surface area contributed by atoms with Gasteiger partial charge in [0.25, 0.3) is 7.82 Å². The van der Waals surface area contributed by atoms with Crippen molar-refractivity contribution in [1.82, 2.24) is 5.32 Å². The number of hydrogen-bond donors (Lipinski definition) is 1. The first-order chi connectivity index (χ1) is 39.4. The summed E-state index contributed by atoms with van der Waals surface area (Å²) in [4.78, 5) is 40.1. The minimum Gasteiger partial charge on any atom is -0.756 e. The van der Waals surface area contributed by atoms with Gasteiger partial charge in [0, 0.05) is 12.8 Å². The highest BCUT2D eigenvalue weighted by Gasteiger charge is 2.27. The monoisotopic (exact) mass is 1160 g/mol. The molecule has 0 aromatic rings. The van der Waals surface area contributed by atoms with E-state index in [0.29, 0.717) is 17.4 Å². The van der Waals surface area contributed by atoms with Gasteiger partial charge in [-0.15, -0.1) is 0 Å². The topological polar surface area (TPSA) is 114 Å². The normalized spacial score (nSPS) is 13.9. The van der Waals surface area contributed by atoms with Gasteiger partial charge in [-0.05, 0) is 89.5 Å². The minimum atomic E-state index is -4.70. The third-order valence-corrected chi connectivity index (χ3v) is 16.4. The number of carbonyl (C=O) groups is 2. The molecule has 0 saturated carbocycles. The Morgan fingerprint density at radius 2 is 0.790 bits per heavy atom. The average molecular weight is 1160 g/mol. The Labute approximate surface area is 502 Å². The summed E-state index contributed by atoms with van der Waals surface area (Å²) in [6, 6.07) is -0.895. The third kappa shape index (κ3) is 62.1. The van der Waals surface area contributed by atoms with Crippen LogP contribution in [0.4, 0.5) is 0 Å². The van der Waals surface area contributed by atoms with Crippen molar-refractivity contribution in [2.45, 2.75) is 341 Å². The molecule has 81 heavy (non-hydrogen) atoms. The van der Waals surface area contributed by atoms with Gasteiger partial charge in [-0.2, -0.15) is 0 Å². The fraction of sp³-hybridized carbons (Fsp3) is 0.831. The minimum absolute atomic E-state index is 0.0251. The molecule has 0 radical (unpaired) electrons. The average Bonchev–Trinajstić information content (AvgIpc) is 3.44. The van der Waals surface area contributed by atoms with E-state index >= 15 is 0 Å². The number of ether oxygens (including phenoxy) is 1. The zero-order valence-electron chi connectivity index (χ0n) is 54.2. The number of unbranched alkanes of at least 4 members (excludes halogenated alkanes) is 39. The van der Waals surface area contributed by atoms with Gasteiger partial charge in [0.1, 0.15) is 19.3 Å². The van der Waals surface area contributed by atoms with E-state index in [4.69, 9.17) is 13.8 Å². The highest BCUT2D eigenvalue weighted by molar-refractivity contribution is 7.45. The molecule has 0 aromatic carbocycles. The molecular weight excluding hydrogens is 1020 g/mol. The number of hydrogen-bond acceptors (Lipinski definition) is 7. The van der Waals surface area contributed by atoms with Gasteiger partial charge in [-0.3, -0.25) is 14.2 Å². The second-order valence-corrected chi connectivity index (χ2v) is 26.1. The molecule has 0 fully saturated rings. The first-order valence-corrected chi connectivity index (χ1v) is 36.1. The van der Waals surface area contributed by atoms with E-state index in [1.165, 1.54) is 193 Å². The van der Waals surface area contributed by atoms with Crippen LogP contribution in [0.1, 0.15) is 329 Å². The zero-order chi connectivity index (χ0) is 59.3. The van der Waals surface area contributed by atoms with Gasteiger partial charge in [-0.25, -0.2) is 0 Å². The van der Waals surface area contributed by atoms with Crippen LogP contribution in [0.15, 0.2) is 60.8 Å². The Morgan fingerprint density at radius 1 is 0.444 bits per heavy atom. The van der Waals surface area contributed by atoms with Crippen LogP contribution in [0.2, 0.25) is 0 Å². The van der Waals surface area contributed by atoms with Gasteiger partial charge in [-0.1, -0.05) is 287 Å². The van der Waals surface area contributed by atoms with Gasteiger partial charge in [0.15, 0.2) is 0 Å². The molecule has 0 saturated heterocycles. The summed E-state index contributed by atoms with van der Waals surface area (Å²) in [6.45, 7) is 6.75. The second kappa shape index (κ2) is 60.8. The number of carbonyl (C=O) groups excluding carboxylic acids is 2. The van der Waals surface area contributed by atoms with Crippen molar-refractivity contribution in [1.29, 1.82) is 0 Å². The number of quaternary nitrogens is 1. The van der Waals surface area contributed by atoms with Crippen LogP contribution in [0.25, 0.3) is 0 Å². The van der Waals surface area contributed by atoms with Crippen LogP contribution in [0.5, 0.6) is 0 Å². The van der Waals surface area contributed by atoms with Crippen molar-refractivity contribution in [3.8, 4) is 0 Å². The summed E-state index contributed by atoms with van der Waals surface area (Å²) in [6.07, 6.45) is 77.8. The SMILES string of the molecule is CC/C=C/C/C=C/C/C=C/CCCCCCCCC(=O)NC(COP(=O)([O-])OCC[N+](C)(C)C)C(/C=C\CCCCCCCCCCCC)OC(=O)CCCCCCCCCCCCCCCCCCC/C=C/CCCCCCCC. The van der Waals surface area contributed by atoms with Crippen LogP contribution in [-0.4, -0.2) is 69.4 Å². The lowest BCUT2D eigenvalue weighted by Gasteiger charge is -2.30. The summed E-state index contributed by atoms with van der Waals surface area (Å²) >= 11 is 0. The molecule has 3 unspecified atom stereocenters. The fourth-order valence-corrected chi connectivity index (χ4v) is 10.8. The smallest absolute Gasteiger partial charge is 0.306 e. The lowest BCUT2D eigenvalue weighted by Crippen LogP contribution is -2.47. The van der Waals surface area contributed by atoms with Crippen LogP contribution < -0.4 is 10.2 Å². The van der Waals surface area contributed by atoms with E-state index in [2.05, 4.69) is 74.7 Å². The van der Waals surface area contributed by atoms with E-state index in [-0.39, 0.29) is 24.9 Å². The third-order valence-electron chi connectivity index (χ3n) is 15.4. The summed E-state index contributed by atoms with van der Waals surface area (Å²) in [5.74, 6) is -0.545. The predicted octanol–water partition coefficient (Wildman–Crippen LogP) is 21.2. The molecule has 0 aliphatic carbocycles. The summed E-state index contributed by atoms with van der Waals surface area (Å²) in [5, 5.41) is 3.03. The highest BCUT2D eigenvalue weighted by atomic mass is 31.2. The number of esters is 1. The number of nitrogens with zero attached hydrogens (tertiary/aromatic N) is 1. The molecule has 0 bridgehead atoms. The van der Waals surface area contributed by atoms with Crippen molar-refractivity contribution < 1.29 is 37.3 Å². The molecule has 3 atom stereocenters. The first kappa shape index (κ1) is 78.7. The molecule has 10 heteroatoms. The van der Waals surface area contributed by atoms with Crippen molar-refractivity contribution in [3.05, 3.63) is 60.8 Å². The fourth-order valence-electron chi connectivity index (χ4n) is 10.1. The van der Waals surface area contributed by atoms with Crippen molar-refractivity contribution >= 4 is 19.7 Å². The summed E-state index contributed by atoms with van der Waals surface area (Å²) in [7, 11) is 1.18. The number of phosphoric acid groups is 1. The first-order valence-electron chi connectivity index (χ1n) is 34.6. The van der Waals surface area contributed by atoms with Gasteiger partial charge in [0.05, 0.1) is 33.8 Å². The highest BCUT2D eigenvalue weighted by Crippen LogP contribution is 2.38. The zero-order valence-corrected chi connectivity index (χ0v) is 55.1.